The van der Waals surface area contributed by atoms with E-state index in [0.717, 1.165) is 5.69 Å². The third kappa shape index (κ3) is 3.53. The number of nitrogens with two attached hydrogens (primary N) is 1. The molecule has 0 saturated heterocycles. The molecular formula is C11H15N5O3S. The normalized spacial score (nSPS) is 12.3. The van der Waals surface area contributed by atoms with Crippen molar-refractivity contribution in [3.8, 4) is 0 Å². The lowest BCUT2D eigenvalue weighted by Crippen LogP contribution is -2.20. The van der Waals surface area contributed by atoms with Crippen LogP contribution in [0.4, 0.5) is 10.8 Å². The Hall–Kier alpha value is -1.97. The van der Waals surface area contributed by atoms with Crippen LogP contribution in [-0.2, 0) is 16.1 Å². The van der Waals surface area contributed by atoms with Gasteiger partial charge in [-0.2, -0.15) is 5.10 Å². The van der Waals surface area contributed by atoms with E-state index in [1.807, 2.05) is 6.20 Å². The molecule has 1 atom stereocenters. The van der Waals surface area contributed by atoms with Crippen molar-refractivity contribution in [3.05, 3.63) is 23.5 Å². The summed E-state index contributed by atoms with van der Waals surface area (Å²) in [5, 5.41) is 18.2. The number of carboxylic acids is 1. The number of nitrogens with one attached hydrogen (secondary N) is 1. The molecule has 0 amide bonds. The highest BCUT2D eigenvalue weighted by molar-refractivity contribution is 7.13. The third-order valence-corrected chi connectivity index (χ3v) is 3.29. The molecular weight excluding hydrogens is 282 g/mol. The summed E-state index contributed by atoms with van der Waals surface area (Å²) in [6.07, 6.45) is 3.48. The molecule has 8 nitrogen and oxygen atoms in total. The predicted molar refractivity (Wildman–Crippen MR) is 74.1 cm³/mol. The Morgan fingerprint density at radius 3 is 3.20 bits per heavy atom. The molecule has 0 fully saturated rings. The predicted octanol–water partition coefficient (Wildman–Crippen LogP) is 0.814. The van der Waals surface area contributed by atoms with Gasteiger partial charge in [0.25, 0.3) is 0 Å². The van der Waals surface area contributed by atoms with Crippen LogP contribution >= 0.6 is 11.3 Å². The van der Waals surface area contributed by atoms with Crippen molar-refractivity contribution in [2.24, 2.45) is 5.73 Å². The van der Waals surface area contributed by atoms with Crippen molar-refractivity contribution in [1.82, 2.24) is 14.8 Å². The van der Waals surface area contributed by atoms with Gasteiger partial charge < -0.3 is 20.9 Å². The van der Waals surface area contributed by atoms with Crippen LogP contribution < -0.4 is 11.1 Å². The van der Waals surface area contributed by atoms with Gasteiger partial charge in [-0.15, -0.1) is 11.3 Å². The maximum atomic E-state index is 10.8. The lowest BCUT2D eigenvalue weighted by Gasteiger charge is -2.01. The monoisotopic (exact) mass is 297 g/mol. The van der Waals surface area contributed by atoms with Gasteiger partial charge in [-0.25, -0.2) is 4.98 Å². The first-order valence-corrected chi connectivity index (χ1v) is 6.70. The quantitative estimate of drug-likeness (QED) is 0.692. The molecule has 0 aliphatic heterocycles. The van der Waals surface area contributed by atoms with Crippen LogP contribution in [0.15, 0.2) is 17.8 Å². The molecule has 0 spiro atoms. The van der Waals surface area contributed by atoms with Crippen molar-refractivity contribution in [1.29, 1.82) is 0 Å². The van der Waals surface area contributed by atoms with E-state index in [2.05, 4.69) is 15.4 Å². The van der Waals surface area contributed by atoms with E-state index in [1.54, 1.807) is 23.4 Å². The molecule has 4 N–H and O–H groups in total. The van der Waals surface area contributed by atoms with Gasteiger partial charge >= 0.3 is 5.97 Å². The molecule has 0 aliphatic rings. The number of nitrogens with zero attached hydrogens (tertiary/aromatic N) is 3. The van der Waals surface area contributed by atoms with Gasteiger partial charge in [0.05, 0.1) is 30.7 Å². The summed E-state index contributed by atoms with van der Waals surface area (Å²) < 4.78 is 6.70. The molecule has 9 heteroatoms. The Kier molecular flexibility index (Phi) is 4.66. The topological polar surface area (TPSA) is 115 Å². The largest absolute Gasteiger partial charge is 0.480 e. The van der Waals surface area contributed by atoms with Gasteiger partial charge in [0.1, 0.15) is 6.04 Å². The van der Waals surface area contributed by atoms with Crippen LogP contribution in [-0.4, -0.2) is 39.6 Å². The standard InChI is InChI=1S/C11H15N5O3S/c1-19-3-2-16-5-7(4-13-16)14-11-15-8(6-20-11)9(12)10(17)18/h4-6,9H,2-3,12H2,1H3,(H,14,15)(H,17,18). The Morgan fingerprint density at radius 1 is 1.70 bits per heavy atom. The second-order valence-electron chi connectivity index (χ2n) is 4.00. The molecule has 0 saturated carbocycles. The van der Waals surface area contributed by atoms with Gasteiger partial charge in [-0.3, -0.25) is 9.48 Å². The van der Waals surface area contributed by atoms with Gasteiger partial charge in [-0.05, 0) is 0 Å². The van der Waals surface area contributed by atoms with Crippen LogP contribution in [0, 0.1) is 0 Å². The third-order valence-electron chi connectivity index (χ3n) is 2.52. The summed E-state index contributed by atoms with van der Waals surface area (Å²) in [7, 11) is 1.63. The highest BCUT2D eigenvalue weighted by Crippen LogP contribution is 2.23. The molecule has 0 aromatic carbocycles. The Balaban J connectivity index is 1.99. The second kappa shape index (κ2) is 6.46. The molecule has 20 heavy (non-hydrogen) atoms. The van der Waals surface area contributed by atoms with Crippen molar-refractivity contribution < 1.29 is 14.6 Å². The van der Waals surface area contributed by atoms with Crippen molar-refractivity contribution in [2.45, 2.75) is 12.6 Å². The van der Waals surface area contributed by atoms with Gasteiger partial charge in [-0.1, -0.05) is 0 Å². The van der Waals surface area contributed by atoms with Crippen molar-refractivity contribution in [2.75, 3.05) is 19.0 Å². The molecule has 0 aliphatic carbocycles. The molecule has 108 valence electrons. The highest BCUT2D eigenvalue weighted by Gasteiger charge is 2.17. The number of anilines is 2. The maximum Gasteiger partial charge on any atom is 0.326 e. The van der Waals surface area contributed by atoms with Gasteiger partial charge in [0, 0.05) is 18.7 Å². The number of methoxy groups -OCH3 is 1. The lowest BCUT2D eigenvalue weighted by atomic mass is 10.2. The first-order valence-electron chi connectivity index (χ1n) is 5.82. The number of carbonyl (C=O) groups is 1. The maximum absolute atomic E-state index is 10.8. The first-order chi connectivity index (χ1) is 9.60. The molecule has 2 heterocycles. The summed E-state index contributed by atoms with van der Waals surface area (Å²) in [6.45, 7) is 1.24. The minimum atomic E-state index is -1.11. The Labute approximate surface area is 119 Å². The highest BCUT2D eigenvalue weighted by atomic mass is 32.1. The fraction of sp³-hybridized carbons (Fsp3) is 0.364. The molecule has 1 unspecified atom stereocenters. The van der Waals surface area contributed by atoms with Crippen molar-refractivity contribution in [3.63, 3.8) is 0 Å². The molecule has 2 aromatic heterocycles. The van der Waals surface area contributed by atoms with E-state index in [4.69, 9.17) is 15.6 Å². The fourth-order valence-corrected chi connectivity index (χ4v) is 2.24. The van der Waals surface area contributed by atoms with E-state index >= 15 is 0 Å². The molecule has 2 rings (SSSR count). The number of hydrogen-bond acceptors (Lipinski definition) is 7. The fourth-order valence-electron chi connectivity index (χ4n) is 1.47. The van der Waals surface area contributed by atoms with Crippen LogP contribution in [0.3, 0.4) is 0 Å². The summed E-state index contributed by atoms with van der Waals surface area (Å²) in [5.41, 5.74) is 6.59. The zero-order valence-corrected chi connectivity index (χ0v) is 11.6. The number of carboxylic acid groups (broad SMARTS) is 1. The summed E-state index contributed by atoms with van der Waals surface area (Å²) in [6, 6.07) is -1.11. The van der Waals surface area contributed by atoms with Crippen LogP contribution in [0.2, 0.25) is 0 Å². The lowest BCUT2D eigenvalue weighted by molar-refractivity contribution is -0.138. The number of rotatable bonds is 7. The smallest absolute Gasteiger partial charge is 0.326 e. The molecule has 2 aromatic rings. The zero-order chi connectivity index (χ0) is 14.5. The summed E-state index contributed by atoms with van der Waals surface area (Å²) in [5.74, 6) is -1.10. The summed E-state index contributed by atoms with van der Waals surface area (Å²) in [4.78, 5) is 14.9. The summed E-state index contributed by atoms with van der Waals surface area (Å²) >= 11 is 1.29. The first kappa shape index (κ1) is 14.4. The number of thiazole rings is 1. The zero-order valence-electron chi connectivity index (χ0n) is 10.8. The van der Waals surface area contributed by atoms with Gasteiger partial charge in [0.15, 0.2) is 5.13 Å². The minimum absolute atomic E-state index is 0.330. The van der Waals surface area contributed by atoms with E-state index in [1.165, 1.54) is 11.3 Å². The van der Waals surface area contributed by atoms with Gasteiger partial charge in [0.2, 0.25) is 0 Å². The average Bonchev–Trinajstić information content (AvgIpc) is 3.05. The average molecular weight is 297 g/mol. The Morgan fingerprint density at radius 2 is 2.50 bits per heavy atom. The van der Waals surface area contributed by atoms with Crippen LogP contribution in [0.1, 0.15) is 11.7 Å². The second-order valence-corrected chi connectivity index (χ2v) is 4.86. The number of aliphatic carboxylic acids is 1. The van der Waals surface area contributed by atoms with Crippen LogP contribution in [0.25, 0.3) is 0 Å². The number of hydrogen-bond donors (Lipinski definition) is 3. The van der Waals surface area contributed by atoms with Crippen molar-refractivity contribution >= 4 is 28.1 Å². The van der Waals surface area contributed by atoms with E-state index in [9.17, 15) is 4.79 Å². The minimum Gasteiger partial charge on any atom is -0.480 e. The molecule has 0 bridgehead atoms. The van der Waals surface area contributed by atoms with E-state index in [0.29, 0.717) is 24.0 Å². The van der Waals surface area contributed by atoms with E-state index in [-0.39, 0.29) is 0 Å². The Bertz CT molecular complexity index is 582. The van der Waals surface area contributed by atoms with E-state index < -0.39 is 12.0 Å². The molecule has 0 radical (unpaired) electrons. The SMILES string of the molecule is COCCn1cc(Nc2nc(C(N)C(=O)O)cs2)cn1. The van der Waals surface area contributed by atoms with Crippen LogP contribution in [0.5, 0.6) is 0 Å². The number of aromatic nitrogens is 3. The number of ether oxygens (including phenoxy) is 1.